The molecule has 8 heteroatoms. The van der Waals surface area contributed by atoms with Crippen LogP contribution in [-0.4, -0.2) is 65.9 Å². The first-order valence-electron chi connectivity index (χ1n) is 7.97. The van der Waals surface area contributed by atoms with Crippen molar-refractivity contribution in [2.45, 2.75) is 12.3 Å². The Balaban J connectivity index is 1.85. The second-order valence-corrected chi connectivity index (χ2v) is 7.68. The predicted octanol–water partition coefficient (Wildman–Crippen LogP) is 0.609. The minimum atomic E-state index is -3.15. The van der Waals surface area contributed by atoms with Gasteiger partial charge in [0, 0.05) is 39.1 Å². The number of rotatable bonds is 6. The third-order valence-electron chi connectivity index (χ3n) is 4.06. The van der Waals surface area contributed by atoms with Gasteiger partial charge in [0.1, 0.15) is 5.75 Å². The molecular formula is C16H26N4O3S. The van der Waals surface area contributed by atoms with Crippen molar-refractivity contribution >= 4 is 16.0 Å². The van der Waals surface area contributed by atoms with Gasteiger partial charge >= 0.3 is 0 Å². The molecular weight excluding hydrogens is 328 g/mol. The summed E-state index contributed by atoms with van der Waals surface area (Å²) >= 11 is 0. The van der Waals surface area contributed by atoms with E-state index in [0.717, 1.165) is 37.5 Å². The summed E-state index contributed by atoms with van der Waals surface area (Å²) in [5.74, 6) is 2.13. The number of ether oxygens (including phenoxy) is 1. The van der Waals surface area contributed by atoms with E-state index >= 15 is 0 Å². The minimum absolute atomic E-state index is 0.341. The highest BCUT2D eigenvalue weighted by molar-refractivity contribution is 7.88. The van der Waals surface area contributed by atoms with Crippen LogP contribution in [0.5, 0.6) is 5.75 Å². The van der Waals surface area contributed by atoms with Gasteiger partial charge in [-0.25, -0.2) is 13.1 Å². The van der Waals surface area contributed by atoms with Crippen LogP contribution in [0.3, 0.4) is 0 Å². The average Bonchev–Trinajstić information content (AvgIpc) is 3.04. The van der Waals surface area contributed by atoms with Crippen LogP contribution in [0.4, 0.5) is 0 Å². The molecule has 1 heterocycles. The third kappa shape index (κ3) is 5.38. The zero-order valence-electron chi connectivity index (χ0n) is 14.4. The van der Waals surface area contributed by atoms with Gasteiger partial charge in [0.2, 0.25) is 10.0 Å². The molecule has 1 atom stereocenters. The van der Waals surface area contributed by atoms with Crippen LogP contribution in [0.25, 0.3) is 0 Å². The Morgan fingerprint density at radius 3 is 2.62 bits per heavy atom. The van der Waals surface area contributed by atoms with Gasteiger partial charge in [-0.15, -0.1) is 0 Å². The Morgan fingerprint density at radius 1 is 1.33 bits per heavy atom. The van der Waals surface area contributed by atoms with Crippen molar-refractivity contribution in [3.8, 4) is 5.75 Å². The molecule has 0 saturated carbocycles. The molecule has 1 unspecified atom stereocenters. The maximum absolute atomic E-state index is 11.1. The molecule has 24 heavy (non-hydrogen) atoms. The molecule has 2 rings (SSSR count). The van der Waals surface area contributed by atoms with E-state index < -0.39 is 10.0 Å². The standard InChI is InChI=1S/C16H26N4O3S/c1-17-16(18-9-10-19-24(3,21)22)20-11-8-14(12-20)13-4-6-15(23-2)7-5-13/h4-7,14,19H,8-12H2,1-3H3,(H,17,18). The van der Waals surface area contributed by atoms with Gasteiger partial charge in [-0.3, -0.25) is 4.99 Å². The third-order valence-corrected chi connectivity index (χ3v) is 4.79. The summed E-state index contributed by atoms with van der Waals surface area (Å²) in [7, 11) is 0.258. The number of guanidine groups is 1. The minimum Gasteiger partial charge on any atom is -0.497 e. The molecule has 1 aliphatic heterocycles. The van der Waals surface area contributed by atoms with E-state index in [0.29, 0.717) is 19.0 Å². The fraction of sp³-hybridized carbons (Fsp3) is 0.562. The molecule has 0 aromatic heterocycles. The van der Waals surface area contributed by atoms with Crippen molar-refractivity contribution in [1.82, 2.24) is 14.9 Å². The highest BCUT2D eigenvalue weighted by Crippen LogP contribution is 2.28. The Morgan fingerprint density at radius 2 is 2.04 bits per heavy atom. The van der Waals surface area contributed by atoms with Crippen molar-refractivity contribution in [1.29, 1.82) is 0 Å². The molecule has 0 amide bonds. The number of benzene rings is 1. The molecule has 1 aromatic rings. The molecule has 1 fully saturated rings. The van der Waals surface area contributed by atoms with Gasteiger partial charge < -0.3 is 15.0 Å². The van der Waals surface area contributed by atoms with Crippen LogP contribution in [-0.2, 0) is 10.0 Å². The number of nitrogens with one attached hydrogen (secondary N) is 2. The molecule has 0 aliphatic carbocycles. The second kappa shape index (κ2) is 8.34. The molecule has 1 aromatic carbocycles. The SMILES string of the molecule is CN=C(NCCNS(C)(=O)=O)N1CCC(c2ccc(OC)cc2)C1. The van der Waals surface area contributed by atoms with Crippen LogP contribution in [0.1, 0.15) is 17.9 Å². The first kappa shape index (κ1) is 18.5. The van der Waals surface area contributed by atoms with Gasteiger partial charge in [-0.2, -0.15) is 0 Å². The average molecular weight is 354 g/mol. The number of hydrogen-bond donors (Lipinski definition) is 2. The lowest BCUT2D eigenvalue weighted by atomic mass is 9.98. The number of likely N-dealkylation sites (tertiary alicyclic amines) is 1. The van der Waals surface area contributed by atoms with Gasteiger partial charge in [0.15, 0.2) is 5.96 Å². The topological polar surface area (TPSA) is 83.0 Å². The summed E-state index contributed by atoms with van der Waals surface area (Å²) in [6.45, 7) is 2.67. The molecule has 2 N–H and O–H groups in total. The Labute approximate surface area is 144 Å². The summed E-state index contributed by atoms with van der Waals surface area (Å²) < 4.78 is 29.8. The van der Waals surface area contributed by atoms with Crippen LogP contribution in [0.2, 0.25) is 0 Å². The Kier molecular flexibility index (Phi) is 6.44. The molecule has 0 radical (unpaired) electrons. The number of nitrogens with zero attached hydrogens (tertiary/aromatic N) is 2. The van der Waals surface area contributed by atoms with Crippen LogP contribution < -0.4 is 14.8 Å². The maximum Gasteiger partial charge on any atom is 0.208 e. The van der Waals surface area contributed by atoms with Crippen LogP contribution in [0.15, 0.2) is 29.3 Å². The van der Waals surface area contributed by atoms with E-state index in [9.17, 15) is 8.42 Å². The van der Waals surface area contributed by atoms with Crippen molar-refractivity contribution in [3.05, 3.63) is 29.8 Å². The normalized spacial score (nSPS) is 18.7. The lowest BCUT2D eigenvalue weighted by Gasteiger charge is -2.22. The summed E-state index contributed by atoms with van der Waals surface area (Å²) in [5, 5.41) is 3.20. The van der Waals surface area contributed by atoms with Gasteiger partial charge in [-0.05, 0) is 24.1 Å². The van der Waals surface area contributed by atoms with E-state index in [1.54, 1.807) is 14.2 Å². The molecule has 1 aliphatic rings. The molecule has 7 nitrogen and oxygen atoms in total. The number of aliphatic imine (C=N–C) groups is 1. The molecule has 0 spiro atoms. The van der Waals surface area contributed by atoms with E-state index in [2.05, 4.69) is 32.1 Å². The predicted molar refractivity (Wildman–Crippen MR) is 96.1 cm³/mol. The summed E-state index contributed by atoms with van der Waals surface area (Å²) in [4.78, 5) is 6.50. The first-order chi connectivity index (χ1) is 11.4. The van der Waals surface area contributed by atoms with Crippen LogP contribution in [0, 0.1) is 0 Å². The maximum atomic E-state index is 11.1. The van der Waals surface area contributed by atoms with E-state index in [4.69, 9.17) is 4.74 Å². The Bertz CT molecular complexity index is 658. The highest BCUT2D eigenvalue weighted by Gasteiger charge is 2.25. The quantitative estimate of drug-likeness (QED) is 0.444. The fourth-order valence-electron chi connectivity index (χ4n) is 2.84. The van der Waals surface area contributed by atoms with Crippen molar-refractivity contribution in [2.75, 3.05) is 46.6 Å². The number of methoxy groups -OCH3 is 1. The van der Waals surface area contributed by atoms with Gasteiger partial charge in [-0.1, -0.05) is 12.1 Å². The van der Waals surface area contributed by atoms with Gasteiger partial charge in [0.25, 0.3) is 0 Å². The largest absolute Gasteiger partial charge is 0.497 e. The molecule has 0 bridgehead atoms. The highest BCUT2D eigenvalue weighted by atomic mass is 32.2. The van der Waals surface area contributed by atoms with Crippen molar-refractivity contribution < 1.29 is 13.2 Å². The summed E-state index contributed by atoms with van der Waals surface area (Å²) in [6, 6.07) is 8.20. The van der Waals surface area contributed by atoms with E-state index in [-0.39, 0.29) is 0 Å². The molecule has 134 valence electrons. The van der Waals surface area contributed by atoms with Crippen molar-refractivity contribution in [3.63, 3.8) is 0 Å². The zero-order valence-corrected chi connectivity index (χ0v) is 15.3. The lowest BCUT2D eigenvalue weighted by Crippen LogP contribution is -2.43. The monoisotopic (exact) mass is 354 g/mol. The first-order valence-corrected chi connectivity index (χ1v) is 9.86. The van der Waals surface area contributed by atoms with Gasteiger partial charge in [0.05, 0.1) is 13.4 Å². The lowest BCUT2D eigenvalue weighted by molar-refractivity contribution is 0.414. The molecule has 1 saturated heterocycles. The summed E-state index contributed by atoms with van der Waals surface area (Å²) in [6.07, 6.45) is 2.22. The number of hydrogen-bond acceptors (Lipinski definition) is 4. The second-order valence-electron chi connectivity index (χ2n) is 5.85. The van der Waals surface area contributed by atoms with Crippen molar-refractivity contribution in [2.24, 2.45) is 4.99 Å². The van der Waals surface area contributed by atoms with Crippen LogP contribution >= 0.6 is 0 Å². The van der Waals surface area contributed by atoms with E-state index in [1.807, 2.05) is 12.1 Å². The van der Waals surface area contributed by atoms with E-state index in [1.165, 1.54) is 5.56 Å². The zero-order chi connectivity index (χ0) is 17.6. The number of sulfonamides is 1. The summed E-state index contributed by atoms with van der Waals surface area (Å²) in [5.41, 5.74) is 1.30. The Hall–Kier alpha value is -1.80. The smallest absolute Gasteiger partial charge is 0.208 e. The fourth-order valence-corrected chi connectivity index (χ4v) is 3.32.